The zero-order valence-corrected chi connectivity index (χ0v) is 21.8. The summed E-state index contributed by atoms with van der Waals surface area (Å²) in [5.41, 5.74) is 2.54. The first-order valence-electron chi connectivity index (χ1n) is 14.0. The van der Waals surface area contributed by atoms with Crippen molar-refractivity contribution >= 4 is 11.4 Å². The minimum absolute atomic E-state index is 0.228. The Hall–Kier alpha value is -1.49. The van der Waals surface area contributed by atoms with Gasteiger partial charge in [-0.15, -0.1) is 0 Å². The maximum absolute atomic E-state index is 12.4. The van der Waals surface area contributed by atoms with Crippen molar-refractivity contribution < 1.29 is 19.3 Å². The number of carbonyl (C=O) groups excluding carboxylic acids is 1. The molecule has 1 aromatic rings. The van der Waals surface area contributed by atoms with Crippen molar-refractivity contribution in [2.75, 3.05) is 6.61 Å². The molecule has 0 N–H and O–H groups in total. The van der Waals surface area contributed by atoms with Crippen molar-refractivity contribution in [3.8, 4) is 0 Å². The molecule has 6 rings (SSSR count). The summed E-state index contributed by atoms with van der Waals surface area (Å²) in [4.78, 5) is 24.5. The molecule has 4 heteroatoms. The molecule has 35 heavy (non-hydrogen) atoms. The SMILES string of the molecule is C=C(c1ccccc1)C1COC2(CC[C@]3(C)C4CC[C@]5(C)C(C(C)=O)CCC5C4CC[C@@H]3C2)OO1. The summed E-state index contributed by atoms with van der Waals surface area (Å²) in [6, 6.07) is 10.2. The van der Waals surface area contributed by atoms with Crippen molar-refractivity contribution in [3.63, 3.8) is 0 Å². The molecule has 6 unspecified atom stereocenters. The van der Waals surface area contributed by atoms with Gasteiger partial charge >= 0.3 is 0 Å². The summed E-state index contributed by atoms with van der Waals surface area (Å²) in [7, 11) is 0. The first-order chi connectivity index (χ1) is 16.8. The predicted molar refractivity (Wildman–Crippen MR) is 136 cm³/mol. The van der Waals surface area contributed by atoms with Crippen LogP contribution in [0, 0.1) is 40.4 Å². The van der Waals surface area contributed by atoms with Crippen molar-refractivity contribution in [3.05, 3.63) is 42.5 Å². The van der Waals surface area contributed by atoms with E-state index in [1.165, 1.54) is 32.1 Å². The van der Waals surface area contributed by atoms with Gasteiger partial charge < -0.3 is 4.74 Å². The molecule has 4 aliphatic carbocycles. The van der Waals surface area contributed by atoms with Crippen LogP contribution in [-0.4, -0.2) is 24.3 Å². The summed E-state index contributed by atoms with van der Waals surface area (Å²) >= 11 is 0. The molecule has 1 saturated heterocycles. The fraction of sp³-hybridized carbons (Fsp3) is 0.710. The molecule has 0 amide bonds. The van der Waals surface area contributed by atoms with Crippen molar-refractivity contribution in [2.45, 2.75) is 90.4 Å². The van der Waals surface area contributed by atoms with Gasteiger partial charge in [0.25, 0.3) is 0 Å². The number of rotatable bonds is 3. The van der Waals surface area contributed by atoms with Crippen LogP contribution in [0.5, 0.6) is 0 Å². The minimum atomic E-state index is -0.610. The van der Waals surface area contributed by atoms with E-state index in [4.69, 9.17) is 14.5 Å². The molecule has 1 spiro atoms. The van der Waals surface area contributed by atoms with Gasteiger partial charge in [0.15, 0.2) is 0 Å². The summed E-state index contributed by atoms with van der Waals surface area (Å²) in [5.74, 6) is 2.96. The van der Waals surface area contributed by atoms with E-state index in [0.717, 1.165) is 54.6 Å². The average Bonchev–Trinajstić information content (AvgIpc) is 3.23. The Kier molecular flexibility index (Phi) is 5.82. The molecule has 0 radical (unpaired) electrons. The second kappa shape index (κ2) is 8.53. The molecule has 4 saturated carbocycles. The molecule has 5 aliphatic rings. The van der Waals surface area contributed by atoms with Crippen LogP contribution in [0.25, 0.3) is 5.57 Å². The van der Waals surface area contributed by atoms with Crippen molar-refractivity contribution in [2.24, 2.45) is 40.4 Å². The topological polar surface area (TPSA) is 44.8 Å². The third kappa shape index (κ3) is 3.69. The maximum atomic E-state index is 12.4. The fourth-order valence-electron chi connectivity index (χ4n) is 9.49. The highest BCUT2D eigenvalue weighted by Crippen LogP contribution is 2.68. The van der Waals surface area contributed by atoms with Gasteiger partial charge in [-0.3, -0.25) is 4.79 Å². The Morgan fingerprint density at radius 2 is 1.71 bits per heavy atom. The molecule has 5 fully saturated rings. The molecule has 1 aliphatic heterocycles. The van der Waals surface area contributed by atoms with Crippen molar-refractivity contribution in [1.82, 2.24) is 0 Å². The Bertz CT molecular complexity index is 979. The average molecular weight is 479 g/mol. The van der Waals surface area contributed by atoms with Gasteiger partial charge in [-0.05, 0) is 97.5 Å². The molecule has 190 valence electrons. The van der Waals surface area contributed by atoms with E-state index < -0.39 is 5.79 Å². The molecular weight excluding hydrogens is 436 g/mol. The lowest BCUT2D eigenvalue weighted by Gasteiger charge is -2.62. The minimum Gasteiger partial charge on any atom is -0.344 e. The summed E-state index contributed by atoms with van der Waals surface area (Å²) in [5, 5.41) is 0. The second-order valence-corrected chi connectivity index (χ2v) is 12.9. The number of ether oxygens (including phenoxy) is 1. The van der Waals surface area contributed by atoms with Gasteiger partial charge in [0.05, 0.1) is 6.61 Å². The maximum Gasteiger partial charge on any atom is 0.202 e. The van der Waals surface area contributed by atoms with E-state index in [0.29, 0.717) is 23.7 Å². The van der Waals surface area contributed by atoms with E-state index in [9.17, 15) is 4.79 Å². The Labute approximate surface area is 210 Å². The third-order valence-electron chi connectivity index (χ3n) is 11.5. The van der Waals surface area contributed by atoms with Crippen LogP contribution in [-0.2, 0) is 19.3 Å². The number of ketones is 1. The molecular formula is C31H42O4. The zero-order chi connectivity index (χ0) is 24.4. The van der Waals surface area contributed by atoms with Gasteiger partial charge in [0, 0.05) is 18.8 Å². The second-order valence-electron chi connectivity index (χ2n) is 12.9. The lowest BCUT2D eigenvalue weighted by Crippen LogP contribution is -2.58. The van der Waals surface area contributed by atoms with E-state index in [-0.39, 0.29) is 17.4 Å². The first-order valence-corrected chi connectivity index (χ1v) is 14.0. The highest BCUT2D eigenvalue weighted by molar-refractivity contribution is 5.79. The standard InChI is InChI=1S/C31H42O4/c1-20(22-8-6-5-7-9-22)28-19-33-31(35-34-28)17-16-29(3)23(18-31)10-11-24-26-13-12-25(21(2)32)30(26,4)15-14-27(24)29/h5-9,23-28H,1,10-19H2,2-4H3/t23-,24?,25?,26?,27?,28?,29+,30-,31?/m1/s1. The first kappa shape index (κ1) is 23.9. The molecule has 1 heterocycles. The van der Waals surface area contributed by atoms with Crippen LogP contribution in [0.4, 0.5) is 0 Å². The van der Waals surface area contributed by atoms with Gasteiger partial charge in [0.1, 0.15) is 11.9 Å². The van der Waals surface area contributed by atoms with Crippen LogP contribution >= 0.6 is 0 Å². The van der Waals surface area contributed by atoms with Crippen LogP contribution in [0.3, 0.4) is 0 Å². The highest BCUT2D eigenvalue weighted by atomic mass is 17.2. The highest BCUT2D eigenvalue weighted by Gasteiger charge is 2.62. The van der Waals surface area contributed by atoms with Crippen molar-refractivity contribution in [1.29, 1.82) is 0 Å². The third-order valence-corrected chi connectivity index (χ3v) is 11.5. The van der Waals surface area contributed by atoms with E-state index in [1.807, 2.05) is 25.1 Å². The Balaban J connectivity index is 1.13. The largest absolute Gasteiger partial charge is 0.344 e. The quantitative estimate of drug-likeness (QED) is 0.439. The molecule has 0 aromatic heterocycles. The fourth-order valence-corrected chi connectivity index (χ4v) is 9.49. The van der Waals surface area contributed by atoms with E-state index >= 15 is 0 Å². The lowest BCUT2D eigenvalue weighted by molar-refractivity contribution is -0.489. The van der Waals surface area contributed by atoms with E-state index in [1.54, 1.807) is 0 Å². The lowest BCUT2D eigenvalue weighted by atomic mass is 9.44. The Morgan fingerprint density at radius 1 is 0.943 bits per heavy atom. The number of hydrogen-bond acceptors (Lipinski definition) is 4. The normalized spacial score (nSPS) is 46.9. The monoisotopic (exact) mass is 478 g/mol. The zero-order valence-electron chi connectivity index (χ0n) is 21.8. The van der Waals surface area contributed by atoms with Gasteiger partial charge in [-0.25, -0.2) is 9.78 Å². The number of Topliss-reactive ketones (excluding diaryl/α,β-unsaturated/α-hetero) is 1. The number of fused-ring (bicyclic) bond motifs is 5. The molecule has 9 atom stereocenters. The van der Waals surface area contributed by atoms with Gasteiger partial charge in [0.2, 0.25) is 5.79 Å². The molecule has 0 bridgehead atoms. The smallest absolute Gasteiger partial charge is 0.202 e. The number of benzene rings is 1. The van der Waals surface area contributed by atoms with Gasteiger partial charge in [-0.1, -0.05) is 50.8 Å². The van der Waals surface area contributed by atoms with E-state index in [2.05, 4.69) is 32.6 Å². The van der Waals surface area contributed by atoms with Crippen LogP contribution in [0.1, 0.15) is 84.1 Å². The van der Waals surface area contributed by atoms with Crippen LogP contribution < -0.4 is 0 Å². The Morgan fingerprint density at radius 3 is 2.43 bits per heavy atom. The number of hydrogen-bond donors (Lipinski definition) is 0. The summed E-state index contributed by atoms with van der Waals surface area (Å²) < 4.78 is 6.47. The van der Waals surface area contributed by atoms with Crippen LogP contribution in [0.15, 0.2) is 36.9 Å². The molecule has 1 aromatic carbocycles. The van der Waals surface area contributed by atoms with Gasteiger partial charge in [-0.2, -0.15) is 0 Å². The number of carbonyl (C=O) groups is 1. The summed E-state index contributed by atoms with van der Waals surface area (Å²) in [6.45, 7) is 11.6. The summed E-state index contributed by atoms with van der Waals surface area (Å²) in [6.07, 6.45) is 10.1. The molecule has 4 nitrogen and oxygen atoms in total. The van der Waals surface area contributed by atoms with Crippen LogP contribution in [0.2, 0.25) is 0 Å². The predicted octanol–water partition coefficient (Wildman–Crippen LogP) is 6.99.